The number of ether oxygens (including phenoxy) is 1. The number of amides is 1. The van der Waals surface area contributed by atoms with E-state index in [1.165, 1.54) is 4.31 Å². The molecule has 0 aliphatic rings. The molecule has 0 unspecified atom stereocenters. The molecule has 0 aliphatic heterocycles. The molecule has 0 radical (unpaired) electrons. The van der Waals surface area contributed by atoms with Gasteiger partial charge in [-0.1, -0.05) is 15.9 Å². The van der Waals surface area contributed by atoms with Crippen LogP contribution in [0, 0.1) is 0 Å². The number of hydrogen-bond acceptors (Lipinski definition) is 4. The van der Waals surface area contributed by atoms with Gasteiger partial charge in [-0.3, -0.25) is 0 Å². The zero-order valence-corrected chi connectivity index (χ0v) is 11.3. The minimum absolute atomic E-state index is 0.232. The van der Waals surface area contributed by atoms with Gasteiger partial charge in [0.1, 0.15) is 0 Å². The molecular weight excluding hydrogens is 288 g/mol. The highest BCUT2D eigenvalue weighted by Gasteiger charge is 2.26. The van der Waals surface area contributed by atoms with Gasteiger partial charge in [-0.15, -0.1) is 0 Å². The lowest BCUT2D eigenvalue weighted by molar-refractivity contribution is 0.176. The molecule has 6 nitrogen and oxygen atoms in total. The summed E-state index contributed by atoms with van der Waals surface area (Å²) in [5.74, 6) is 0. The van der Waals surface area contributed by atoms with E-state index in [2.05, 4.69) is 20.7 Å². The van der Waals surface area contributed by atoms with Gasteiger partial charge < -0.3 is 4.74 Å². The third kappa shape index (κ3) is 4.80. The van der Waals surface area contributed by atoms with Gasteiger partial charge in [0.05, 0.1) is 7.11 Å². The van der Waals surface area contributed by atoms with Crippen molar-refractivity contribution in [3.8, 4) is 0 Å². The van der Waals surface area contributed by atoms with Crippen molar-refractivity contribution in [2.24, 2.45) is 0 Å². The summed E-state index contributed by atoms with van der Waals surface area (Å²) in [6.07, 6.45) is -0.991. The highest BCUT2D eigenvalue weighted by Crippen LogP contribution is 2.05. The lowest BCUT2D eigenvalue weighted by atomic mass is 10.4. The molecule has 1 amide bonds. The van der Waals surface area contributed by atoms with Crippen molar-refractivity contribution >= 4 is 32.2 Å². The van der Waals surface area contributed by atoms with Crippen LogP contribution in [0.5, 0.6) is 0 Å². The third-order valence-electron chi connectivity index (χ3n) is 1.59. The molecule has 0 rings (SSSR count). The Bertz CT molecular complexity index is 304. The van der Waals surface area contributed by atoms with Crippen molar-refractivity contribution in [1.29, 1.82) is 0 Å². The van der Waals surface area contributed by atoms with Crippen LogP contribution < -0.4 is 4.72 Å². The van der Waals surface area contributed by atoms with Gasteiger partial charge in [-0.2, -0.15) is 12.7 Å². The monoisotopic (exact) mass is 302 g/mol. The number of nitrogens with one attached hydrogen (secondary N) is 1. The molecule has 0 aromatic rings. The van der Waals surface area contributed by atoms with E-state index in [4.69, 9.17) is 0 Å². The summed E-state index contributed by atoms with van der Waals surface area (Å²) < 4.78 is 30.4. The molecule has 0 bridgehead atoms. The Balaban J connectivity index is 4.72. The van der Waals surface area contributed by atoms with Gasteiger partial charge in [0.15, 0.2) is 0 Å². The highest BCUT2D eigenvalue weighted by molar-refractivity contribution is 9.09. The summed E-state index contributed by atoms with van der Waals surface area (Å²) in [6.45, 7) is 3.72. The van der Waals surface area contributed by atoms with Gasteiger partial charge >= 0.3 is 16.3 Å². The maximum absolute atomic E-state index is 11.6. The van der Waals surface area contributed by atoms with Crippen molar-refractivity contribution in [3.63, 3.8) is 0 Å². The molecule has 90 valence electrons. The quantitative estimate of drug-likeness (QED) is 0.758. The van der Waals surface area contributed by atoms with E-state index < -0.39 is 16.3 Å². The first kappa shape index (κ1) is 14.7. The SMILES string of the molecule is COC(=O)NS(=O)(=O)N(CCBr)C(C)C. The minimum atomic E-state index is -3.82. The number of carbonyl (C=O) groups is 1. The number of halogens is 1. The molecule has 0 fully saturated rings. The second kappa shape index (κ2) is 6.29. The van der Waals surface area contributed by atoms with Crippen LogP contribution in [-0.4, -0.2) is 43.8 Å². The van der Waals surface area contributed by atoms with E-state index in [-0.39, 0.29) is 12.6 Å². The molecule has 0 saturated heterocycles. The first-order valence-electron chi connectivity index (χ1n) is 4.28. The summed E-state index contributed by atoms with van der Waals surface area (Å²) in [5, 5.41) is 0.493. The van der Waals surface area contributed by atoms with Crippen molar-refractivity contribution in [1.82, 2.24) is 9.03 Å². The predicted molar refractivity (Wildman–Crippen MR) is 60.1 cm³/mol. The Morgan fingerprint density at radius 1 is 1.53 bits per heavy atom. The molecule has 0 aromatic heterocycles. The fourth-order valence-electron chi connectivity index (χ4n) is 0.945. The van der Waals surface area contributed by atoms with E-state index >= 15 is 0 Å². The summed E-state index contributed by atoms with van der Waals surface area (Å²) in [5.41, 5.74) is 0. The van der Waals surface area contributed by atoms with Crippen molar-refractivity contribution in [2.45, 2.75) is 19.9 Å². The summed E-state index contributed by atoms with van der Waals surface area (Å²) in [6, 6.07) is -0.232. The smallest absolute Gasteiger partial charge is 0.421 e. The Labute approximate surface area is 98.3 Å². The van der Waals surface area contributed by atoms with Crippen LogP contribution in [0.4, 0.5) is 4.79 Å². The van der Waals surface area contributed by atoms with E-state index in [1.54, 1.807) is 18.6 Å². The van der Waals surface area contributed by atoms with Crippen LogP contribution in [0.1, 0.15) is 13.8 Å². The van der Waals surface area contributed by atoms with Gasteiger partial charge in [-0.25, -0.2) is 9.52 Å². The number of alkyl halides is 1. The molecule has 0 spiro atoms. The Hall–Kier alpha value is -0.340. The standard InChI is InChI=1S/C7H15BrN2O4S/c1-6(2)10(5-4-8)15(12,13)9-7(11)14-3/h6H,4-5H2,1-3H3,(H,9,11). The number of carbonyl (C=O) groups excluding carboxylic acids is 1. The van der Waals surface area contributed by atoms with Gasteiger partial charge in [0.2, 0.25) is 0 Å². The molecule has 0 aliphatic carbocycles. The van der Waals surface area contributed by atoms with Gasteiger partial charge in [0.25, 0.3) is 0 Å². The fourth-order valence-corrected chi connectivity index (χ4v) is 2.86. The zero-order chi connectivity index (χ0) is 12.1. The summed E-state index contributed by atoms with van der Waals surface area (Å²) in [4.78, 5) is 10.8. The van der Waals surface area contributed by atoms with Crippen LogP contribution in [0.25, 0.3) is 0 Å². The Morgan fingerprint density at radius 2 is 2.07 bits per heavy atom. The highest BCUT2D eigenvalue weighted by atomic mass is 79.9. The summed E-state index contributed by atoms with van der Waals surface area (Å²) >= 11 is 3.14. The van der Waals surface area contributed by atoms with Gasteiger partial charge in [0, 0.05) is 17.9 Å². The normalized spacial score (nSPS) is 11.9. The van der Waals surface area contributed by atoms with E-state index in [0.29, 0.717) is 5.33 Å². The van der Waals surface area contributed by atoms with E-state index in [1.807, 2.05) is 0 Å². The molecule has 0 aromatic carbocycles. The molecule has 15 heavy (non-hydrogen) atoms. The van der Waals surface area contributed by atoms with E-state index in [9.17, 15) is 13.2 Å². The topological polar surface area (TPSA) is 75.7 Å². The Morgan fingerprint density at radius 3 is 2.40 bits per heavy atom. The third-order valence-corrected chi connectivity index (χ3v) is 3.59. The number of hydrogen-bond donors (Lipinski definition) is 1. The molecule has 1 N–H and O–H groups in total. The van der Waals surface area contributed by atoms with Crippen LogP contribution in [0.15, 0.2) is 0 Å². The molecular formula is C7H15BrN2O4S. The largest absolute Gasteiger partial charge is 0.452 e. The first-order valence-corrected chi connectivity index (χ1v) is 6.84. The maximum atomic E-state index is 11.6. The number of methoxy groups -OCH3 is 1. The van der Waals surface area contributed by atoms with Crippen LogP contribution >= 0.6 is 15.9 Å². The van der Waals surface area contributed by atoms with Crippen LogP contribution in [-0.2, 0) is 14.9 Å². The lowest BCUT2D eigenvalue weighted by Crippen LogP contribution is -2.47. The van der Waals surface area contributed by atoms with Crippen LogP contribution in [0.3, 0.4) is 0 Å². The minimum Gasteiger partial charge on any atom is -0.452 e. The molecule has 0 heterocycles. The predicted octanol–water partition coefficient (Wildman–Crippen LogP) is 0.693. The molecule has 0 saturated carbocycles. The van der Waals surface area contributed by atoms with Gasteiger partial charge in [-0.05, 0) is 13.8 Å². The van der Waals surface area contributed by atoms with Crippen LogP contribution in [0.2, 0.25) is 0 Å². The van der Waals surface area contributed by atoms with Crippen molar-refractivity contribution < 1.29 is 17.9 Å². The lowest BCUT2D eigenvalue weighted by Gasteiger charge is -2.24. The number of rotatable bonds is 5. The second-order valence-electron chi connectivity index (χ2n) is 2.99. The van der Waals surface area contributed by atoms with E-state index in [0.717, 1.165) is 7.11 Å². The molecule has 0 atom stereocenters. The number of nitrogens with zero attached hydrogens (tertiary/aromatic N) is 1. The van der Waals surface area contributed by atoms with Crippen molar-refractivity contribution in [3.05, 3.63) is 0 Å². The fraction of sp³-hybridized carbons (Fsp3) is 0.857. The maximum Gasteiger partial charge on any atom is 0.421 e. The molecule has 8 heteroatoms. The zero-order valence-electron chi connectivity index (χ0n) is 8.86. The average molecular weight is 303 g/mol. The second-order valence-corrected chi connectivity index (χ2v) is 5.41. The average Bonchev–Trinajstić information content (AvgIpc) is 2.12. The Kier molecular flexibility index (Phi) is 6.15. The summed E-state index contributed by atoms with van der Waals surface area (Å²) in [7, 11) is -2.71. The van der Waals surface area contributed by atoms with Crippen molar-refractivity contribution in [2.75, 3.05) is 19.0 Å². The first-order chi connectivity index (χ1) is 6.85.